The normalized spacial score (nSPS) is 15.3. The molecule has 0 spiro atoms. The molecule has 6 heteroatoms. The van der Waals surface area contributed by atoms with Crippen LogP contribution in [0.2, 0.25) is 0 Å². The van der Waals surface area contributed by atoms with Crippen molar-refractivity contribution in [1.29, 1.82) is 0 Å². The van der Waals surface area contributed by atoms with E-state index >= 15 is 0 Å². The lowest BCUT2D eigenvalue weighted by Crippen LogP contribution is -2.36. The highest BCUT2D eigenvalue weighted by Gasteiger charge is 2.32. The molecule has 0 bridgehead atoms. The maximum Gasteiger partial charge on any atom is 0.279 e. The molecule has 0 saturated carbocycles. The molecular formula is C23H19N5O. The zero-order chi connectivity index (χ0) is 19.8. The molecule has 1 aliphatic rings. The van der Waals surface area contributed by atoms with Gasteiger partial charge in [-0.2, -0.15) is 0 Å². The maximum atomic E-state index is 13.1. The Labute approximate surface area is 168 Å². The summed E-state index contributed by atoms with van der Waals surface area (Å²) in [6, 6.07) is 21.4. The predicted octanol–water partition coefficient (Wildman–Crippen LogP) is 4.36. The van der Waals surface area contributed by atoms with E-state index in [1.54, 1.807) is 23.2 Å². The minimum Gasteiger partial charge on any atom is -0.337 e. The molecule has 1 aliphatic heterocycles. The van der Waals surface area contributed by atoms with E-state index in [0.29, 0.717) is 11.5 Å². The minimum atomic E-state index is -0.131. The summed E-state index contributed by atoms with van der Waals surface area (Å²) < 4.78 is 0. The Bertz CT molecular complexity index is 1200. The summed E-state index contributed by atoms with van der Waals surface area (Å²) in [7, 11) is 0. The molecule has 3 heterocycles. The Balaban J connectivity index is 1.40. The van der Waals surface area contributed by atoms with E-state index < -0.39 is 0 Å². The molecule has 1 atom stereocenters. The minimum absolute atomic E-state index is 0.0984. The van der Waals surface area contributed by atoms with E-state index in [2.05, 4.69) is 33.5 Å². The van der Waals surface area contributed by atoms with Gasteiger partial charge in [0.05, 0.1) is 11.2 Å². The summed E-state index contributed by atoms with van der Waals surface area (Å²) in [5.41, 5.74) is 4.17. The topological polar surface area (TPSA) is 71.0 Å². The van der Waals surface area contributed by atoms with Crippen LogP contribution in [0.5, 0.6) is 0 Å². The van der Waals surface area contributed by atoms with Gasteiger partial charge < -0.3 is 10.2 Å². The van der Waals surface area contributed by atoms with Gasteiger partial charge in [0.25, 0.3) is 5.91 Å². The van der Waals surface area contributed by atoms with Gasteiger partial charge in [-0.1, -0.05) is 36.4 Å². The van der Waals surface area contributed by atoms with E-state index in [-0.39, 0.29) is 11.9 Å². The van der Waals surface area contributed by atoms with Crippen LogP contribution in [0.1, 0.15) is 23.0 Å². The van der Waals surface area contributed by atoms with Crippen molar-refractivity contribution in [3.8, 4) is 0 Å². The summed E-state index contributed by atoms with van der Waals surface area (Å²) >= 11 is 0. The molecule has 0 aliphatic carbocycles. The highest BCUT2D eigenvalue weighted by atomic mass is 16.2. The van der Waals surface area contributed by atoms with Crippen molar-refractivity contribution < 1.29 is 4.79 Å². The molecule has 29 heavy (non-hydrogen) atoms. The van der Waals surface area contributed by atoms with Gasteiger partial charge in [0.2, 0.25) is 0 Å². The van der Waals surface area contributed by atoms with Gasteiger partial charge in [-0.15, -0.1) is 10.2 Å². The van der Waals surface area contributed by atoms with Crippen LogP contribution >= 0.6 is 0 Å². The zero-order valence-corrected chi connectivity index (χ0v) is 15.9. The van der Waals surface area contributed by atoms with Gasteiger partial charge in [-0.3, -0.25) is 9.78 Å². The molecule has 6 nitrogen and oxygen atoms in total. The molecular weight excluding hydrogens is 362 g/mol. The number of rotatable bonds is 3. The van der Waals surface area contributed by atoms with Crippen LogP contribution in [0.3, 0.4) is 0 Å². The number of fused-ring (bicyclic) bond motifs is 2. The van der Waals surface area contributed by atoms with E-state index in [9.17, 15) is 4.79 Å². The quantitative estimate of drug-likeness (QED) is 0.571. The fourth-order valence-electron chi connectivity index (χ4n) is 3.85. The lowest BCUT2D eigenvalue weighted by Gasteiger charge is -2.22. The van der Waals surface area contributed by atoms with E-state index in [0.717, 1.165) is 28.7 Å². The first-order chi connectivity index (χ1) is 14.2. The van der Waals surface area contributed by atoms with Crippen molar-refractivity contribution in [2.75, 3.05) is 10.2 Å². The number of nitrogens with zero attached hydrogens (tertiary/aromatic N) is 4. The molecule has 4 aromatic rings. The van der Waals surface area contributed by atoms with Crippen LogP contribution in [-0.4, -0.2) is 27.1 Å². The second kappa shape index (κ2) is 6.98. The molecule has 2 aromatic carbocycles. The molecule has 1 unspecified atom stereocenters. The van der Waals surface area contributed by atoms with Crippen molar-refractivity contribution in [2.24, 2.45) is 0 Å². The molecule has 1 N–H and O–H groups in total. The van der Waals surface area contributed by atoms with Gasteiger partial charge in [0.1, 0.15) is 0 Å². The predicted molar refractivity (Wildman–Crippen MR) is 113 cm³/mol. The second-order valence-corrected chi connectivity index (χ2v) is 7.17. The Morgan fingerprint density at radius 2 is 1.86 bits per heavy atom. The number of aromatic nitrogens is 3. The fourth-order valence-corrected chi connectivity index (χ4v) is 3.85. The number of hydrogen-bond acceptors (Lipinski definition) is 5. The first-order valence-corrected chi connectivity index (χ1v) is 9.57. The number of benzene rings is 2. The SMILES string of the molecule is CC1Cc2ccccc2N1C(=O)c1ccc(Nc2cccc3cccnc23)nn1. The summed E-state index contributed by atoms with van der Waals surface area (Å²) in [6.45, 7) is 2.05. The summed E-state index contributed by atoms with van der Waals surface area (Å²) in [5, 5.41) is 12.7. The Morgan fingerprint density at radius 1 is 1.00 bits per heavy atom. The number of amides is 1. The van der Waals surface area contributed by atoms with Crippen LogP contribution < -0.4 is 10.2 Å². The Morgan fingerprint density at radius 3 is 2.72 bits per heavy atom. The van der Waals surface area contributed by atoms with Gasteiger partial charge >= 0.3 is 0 Å². The largest absolute Gasteiger partial charge is 0.337 e. The molecule has 0 radical (unpaired) electrons. The molecule has 1 amide bonds. The fraction of sp³-hybridized carbons (Fsp3) is 0.130. The van der Waals surface area contributed by atoms with Gasteiger partial charge in [0, 0.05) is 23.3 Å². The van der Waals surface area contributed by atoms with Crippen molar-refractivity contribution in [2.45, 2.75) is 19.4 Å². The number of anilines is 3. The molecule has 0 fully saturated rings. The first-order valence-electron chi connectivity index (χ1n) is 9.57. The number of nitrogens with one attached hydrogen (secondary N) is 1. The van der Waals surface area contributed by atoms with Crippen LogP contribution in [0.25, 0.3) is 10.9 Å². The summed E-state index contributed by atoms with van der Waals surface area (Å²) in [6.07, 6.45) is 2.61. The highest BCUT2D eigenvalue weighted by molar-refractivity contribution is 6.06. The molecule has 2 aromatic heterocycles. The number of hydrogen-bond donors (Lipinski definition) is 1. The smallest absolute Gasteiger partial charge is 0.279 e. The number of para-hydroxylation sites is 2. The van der Waals surface area contributed by atoms with Crippen molar-refractivity contribution >= 4 is 34.0 Å². The maximum absolute atomic E-state index is 13.1. The van der Waals surface area contributed by atoms with Crippen LogP contribution in [-0.2, 0) is 6.42 Å². The second-order valence-electron chi connectivity index (χ2n) is 7.17. The number of pyridine rings is 1. The van der Waals surface area contributed by atoms with Crippen molar-refractivity contribution in [3.63, 3.8) is 0 Å². The van der Waals surface area contributed by atoms with Crippen LogP contribution in [0.15, 0.2) is 72.9 Å². The third-order valence-corrected chi connectivity index (χ3v) is 5.21. The summed E-state index contributed by atoms with van der Waals surface area (Å²) in [4.78, 5) is 19.3. The first kappa shape index (κ1) is 17.3. The average Bonchev–Trinajstić information content (AvgIpc) is 3.10. The van der Waals surface area contributed by atoms with Gasteiger partial charge in [-0.05, 0) is 49.2 Å². The molecule has 142 valence electrons. The standard InChI is InChI=1S/C23H19N5O/c1-15-14-17-6-2-3-10-20(17)28(15)23(29)19-11-12-21(27-26-19)25-18-9-4-7-16-8-5-13-24-22(16)18/h2-13,15H,14H2,1H3,(H,25,27). The Kier molecular flexibility index (Phi) is 4.17. The van der Waals surface area contributed by atoms with Crippen molar-refractivity contribution in [1.82, 2.24) is 15.2 Å². The average molecular weight is 381 g/mol. The third kappa shape index (κ3) is 3.08. The van der Waals surface area contributed by atoms with E-state index in [4.69, 9.17) is 0 Å². The van der Waals surface area contributed by atoms with E-state index in [1.807, 2.05) is 48.5 Å². The van der Waals surface area contributed by atoms with Gasteiger partial charge in [0.15, 0.2) is 11.5 Å². The lowest BCUT2D eigenvalue weighted by molar-refractivity contribution is 0.0975. The van der Waals surface area contributed by atoms with Crippen LogP contribution in [0.4, 0.5) is 17.2 Å². The summed E-state index contributed by atoms with van der Waals surface area (Å²) in [5.74, 6) is 0.433. The molecule has 0 saturated heterocycles. The number of carbonyl (C=O) groups is 1. The van der Waals surface area contributed by atoms with Crippen LogP contribution in [0, 0.1) is 0 Å². The Hall–Kier alpha value is -3.80. The van der Waals surface area contributed by atoms with E-state index in [1.165, 1.54) is 5.56 Å². The number of carbonyl (C=O) groups excluding carboxylic acids is 1. The molecule has 5 rings (SSSR count). The van der Waals surface area contributed by atoms with Crippen molar-refractivity contribution in [3.05, 3.63) is 84.2 Å². The van der Waals surface area contributed by atoms with Gasteiger partial charge in [-0.25, -0.2) is 0 Å². The third-order valence-electron chi connectivity index (χ3n) is 5.21. The lowest BCUT2D eigenvalue weighted by atomic mass is 10.1. The zero-order valence-electron chi connectivity index (χ0n) is 15.9. The highest BCUT2D eigenvalue weighted by Crippen LogP contribution is 2.33. The monoisotopic (exact) mass is 381 g/mol.